The van der Waals surface area contributed by atoms with Crippen molar-refractivity contribution in [1.29, 1.82) is 0 Å². The van der Waals surface area contributed by atoms with Gasteiger partial charge in [-0.05, 0) is 18.8 Å². The van der Waals surface area contributed by atoms with Crippen LogP contribution in [-0.4, -0.2) is 22.4 Å². The molecule has 2 nitrogen and oxygen atoms in total. The average Bonchev–Trinajstić information content (AvgIpc) is 2.04. The highest BCUT2D eigenvalue weighted by atomic mass is 16.3. The quantitative estimate of drug-likeness (QED) is 0.663. The van der Waals surface area contributed by atoms with Crippen molar-refractivity contribution in [3.63, 3.8) is 0 Å². The molecule has 0 spiro atoms. The molecule has 0 aromatic carbocycles. The summed E-state index contributed by atoms with van der Waals surface area (Å²) < 4.78 is 0. The Morgan fingerprint density at radius 3 is 2.25 bits per heavy atom. The lowest BCUT2D eigenvalue weighted by Gasteiger charge is -2.33. The van der Waals surface area contributed by atoms with Gasteiger partial charge in [0.2, 0.25) is 0 Å². The topological polar surface area (TPSA) is 40.5 Å². The monoisotopic (exact) mass is 172 g/mol. The highest BCUT2D eigenvalue weighted by molar-refractivity contribution is 4.81. The molecule has 2 N–H and O–H groups in total. The minimum absolute atomic E-state index is 0.124. The van der Waals surface area contributed by atoms with Crippen LogP contribution in [0.4, 0.5) is 0 Å². The van der Waals surface area contributed by atoms with Gasteiger partial charge in [0.15, 0.2) is 0 Å². The summed E-state index contributed by atoms with van der Waals surface area (Å²) >= 11 is 0. The normalized spacial score (nSPS) is 33.8. The first-order chi connectivity index (χ1) is 5.63. The Labute approximate surface area is 74.6 Å². The van der Waals surface area contributed by atoms with Crippen molar-refractivity contribution in [3.05, 3.63) is 0 Å². The molecule has 0 radical (unpaired) electrons. The van der Waals surface area contributed by atoms with E-state index in [0.29, 0.717) is 0 Å². The van der Waals surface area contributed by atoms with Crippen LogP contribution in [0, 0.1) is 11.8 Å². The lowest BCUT2D eigenvalue weighted by molar-refractivity contribution is -0.0320. The van der Waals surface area contributed by atoms with Gasteiger partial charge in [0.25, 0.3) is 0 Å². The zero-order valence-corrected chi connectivity index (χ0v) is 8.03. The molecule has 3 atom stereocenters. The highest BCUT2D eigenvalue weighted by Gasteiger charge is 2.30. The number of hydrogen-bond acceptors (Lipinski definition) is 2. The van der Waals surface area contributed by atoms with E-state index in [9.17, 15) is 10.2 Å². The molecule has 0 aromatic heterocycles. The van der Waals surface area contributed by atoms with Crippen molar-refractivity contribution in [2.45, 2.75) is 51.7 Å². The lowest BCUT2D eigenvalue weighted by atomic mass is 9.79. The second-order valence-corrected chi connectivity index (χ2v) is 4.25. The van der Waals surface area contributed by atoms with Crippen molar-refractivity contribution in [2.24, 2.45) is 11.8 Å². The van der Waals surface area contributed by atoms with E-state index in [2.05, 4.69) is 0 Å². The van der Waals surface area contributed by atoms with Crippen LogP contribution >= 0.6 is 0 Å². The van der Waals surface area contributed by atoms with Gasteiger partial charge < -0.3 is 10.2 Å². The van der Waals surface area contributed by atoms with Gasteiger partial charge in [-0.1, -0.05) is 26.7 Å². The number of aliphatic hydroxyl groups excluding tert-OH is 2. The van der Waals surface area contributed by atoms with Crippen LogP contribution in [0.15, 0.2) is 0 Å². The van der Waals surface area contributed by atoms with Gasteiger partial charge in [-0.15, -0.1) is 0 Å². The fraction of sp³-hybridized carbons (Fsp3) is 1.00. The maximum absolute atomic E-state index is 9.76. The molecule has 2 heteroatoms. The molecule has 0 amide bonds. The molecule has 1 rings (SSSR count). The number of rotatable bonds is 2. The van der Waals surface area contributed by atoms with Gasteiger partial charge in [-0.3, -0.25) is 0 Å². The molecule has 1 saturated carbocycles. The van der Waals surface area contributed by atoms with Gasteiger partial charge in [0, 0.05) is 5.92 Å². The van der Waals surface area contributed by atoms with Gasteiger partial charge in [0.1, 0.15) is 0 Å². The van der Waals surface area contributed by atoms with Crippen LogP contribution in [0.1, 0.15) is 39.5 Å². The maximum atomic E-state index is 9.76. The van der Waals surface area contributed by atoms with Crippen LogP contribution in [0.25, 0.3) is 0 Å². The van der Waals surface area contributed by atoms with Crippen molar-refractivity contribution < 1.29 is 10.2 Å². The summed E-state index contributed by atoms with van der Waals surface area (Å²) in [5, 5.41) is 19.4. The first-order valence-electron chi connectivity index (χ1n) is 4.99. The van der Waals surface area contributed by atoms with Crippen LogP contribution in [0.2, 0.25) is 0 Å². The van der Waals surface area contributed by atoms with E-state index < -0.39 is 0 Å². The molecule has 1 aliphatic rings. The third kappa shape index (κ3) is 2.20. The van der Waals surface area contributed by atoms with E-state index in [0.717, 1.165) is 25.7 Å². The van der Waals surface area contributed by atoms with E-state index in [1.807, 2.05) is 13.8 Å². The molecule has 72 valence electrons. The van der Waals surface area contributed by atoms with Gasteiger partial charge >= 0.3 is 0 Å². The molecule has 0 saturated heterocycles. The second kappa shape index (κ2) is 4.24. The van der Waals surface area contributed by atoms with Crippen LogP contribution in [0.3, 0.4) is 0 Å². The summed E-state index contributed by atoms with van der Waals surface area (Å²) in [7, 11) is 0. The summed E-state index contributed by atoms with van der Waals surface area (Å²) in [6.07, 6.45) is 3.54. The predicted molar refractivity (Wildman–Crippen MR) is 48.8 cm³/mol. The molecule has 1 fully saturated rings. The van der Waals surface area contributed by atoms with Gasteiger partial charge in [0.05, 0.1) is 12.2 Å². The van der Waals surface area contributed by atoms with E-state index >= 15 is 0 Å². The molecule has 0 aromatic rings. The van der Waals surface area contributed by atoms with Crippen molar-refractivity contribution in [1.82, 2.24) is 0 Å². The molecule has 12 heavy (non-hydrogen) atoms. The van der Waals surface area contributed by atoms with Gasteiger partial charge in [-0.2, -0.15) is 0 Å². The van der Waals surface area contributed by atoms with E-state index in [1.54, 1.807) is 0 Å². The van der Waals surface area contributed by atoms with Crippen molar-refractivity contribution >= 4 is 0 Å². The minimum Gasteiger partial charge on any atom is -0.393 e. The van der Waals surface area contributed by atoms with Gasteiger partial charge in [-0.25, -0.2) is 0 Å². The Balaban J connectivity index is 2.47. The highest BCUT2D eigenvalue weighted by Crippen LogP contribution is 2.29. The standard InChI is InChI=1S/C10H20O2/c1-7(2)10(12)8-5-3-4-6-9(8)11/h7-12H,3-6H2,1-2H3/t8-,9-,10-/m1/s1. The summed E-state index contributed by atoms with van der Waals surface area (Å²) in [6, 6.07) is 0. The number of aliphatic hydroxyl groups is 2. The SMILES string of the molecule is CC(C)[C@@H](O)[C@@H]1CCCC[C@H]1O. The fourth-order valence-corrected chi connectivity index (χ4v) is 2.03. The molecule has 0 unspecified atom stereocenters. The lowest BCUT2D eigenvalue weighted by Crippen LogP contribution is -2.37. The zero-order valence-electron chi connectivity index (χ0n) is 8.03. The second-order valence-electron chi connectivity index (χ2n) is 4.25. The van der Waals surface area contributed by atoms with E-state index in [-0.39, 0.29) is 24.0 Å². The third-order valence-corrected chi connectivity index (χ3v) is 2.90. The third-order valence-electron chi connectivity index (χ3n) is 2.90. The Hall–Kier alpha value is -0.0800. The molecule has 0 heterocycles. The number of hydrogen-bond donors (Lipinski definition) is 2. The molecular formula is C10H20O2. The molecule has 1 aliphatic carbocycles. The summed E-state index contributed by atoms with van der Waals surface area (Å²) in [4.78, 5) is 0. The first-order valence-corrected chi connectivity index (χ1v) is 4.99. The summed E-state index contributed by atoms with van der Waals surface area (Å²) in [5.41, 5.74) is 0. The van der Waals surface area contributed by atoms with Crippen molar-refractivity contribution in [2.75, 3.05) is 0 Å². The molecule has 0 aliphatic heterocycles. The zero-order chi connectivity index (χ0) is 9.14. The fourth-order valence-electron chi connectivity index (χ4n) is 2.03. The maximum Gasteiger partial charge on any atom is 0.0615 e. The Morgan fingerprint density at radius 2 is 1.75 bits per heavy atom. The Kier molecular flexibility index (Phi) is 3.53. The average molecular weight is 172 g/mol. The van der Waals surface area contributed by atoms with Crippen LogP contribution in [0.5, 0.6) is 0 Å². The Bertz CT molecular complexity index is 134. The minimum atomic E-state index is -0.319. The largest absolute Gasteiger partial charge is 0.393 e. The Morgan fingerprint density at radius 1 is 1.17 bits per heavy atom. The van der Waals surface area contributed by atoms with E-state index in [4.69, 9.17) is 0 Å². The van der Waals surface area contributed by atoms with Crippen LogP contribution in [-0.2, 0) is 0 Å². The van der Waals surface area contributed by atoms with E-state index in [1.165, 1.54) is 0 Å². The van der Waals surface area contributed by atoms with Crippen molar-refractivity contribution in [3.8, 4) is 0 Å². The summed E-state index contributed by atoms with van der Waals surface area (Å²) in [6.45, 7) is 4.01. The first kappa shape index (κ1) is 10.0. The molecule has 0 bridgehead atoms. The summed E-state index contributed by atoms with van der Waals surface area (Å²) in [5.74, 6) is 0.390. The smallest absolute Gasteiger partial charge is 0.0615 e. The van der Waals surface area contributed by atoms with Crippen LogP contribution < -0.4 is 0 Å². The molecular weight excluding hydrogens is 152 g/mol. The predicted octanol–water partition coefficient (Wildman–Crippen LogP) is 1.55.